The van der Waals surface area contributed by atoms with Gasteiger partial charge in [0, 0.05) is 51.0 Å². The van der Waals surface area contributed by atoms with Crippen LogP contribution in [0, 0.1) is 5.92 Å². The Hall–Kier alpha value is -2.44. The van der Waals surface area contributed by atoms with Crippen LogP contribution in [0.2, 0.25) is 0 Å². The molecule has 0 spiro atoms. The highest BCUT2D eigenvalue weighted by atomic mass is 19.4. The number of alkyl halides is 3. The SMILES string of the molecule is C[C@@H](COCCC(=O)N1CCN(c2ccccn2)CC1)NC1CNNC(=O)C1C(F)(F)F. The first-order chi connectivity index (χ1) is 15.3. The van der Waals surface area contributed by atoms with Crippen LogP contribution in [0.5, 0.6) is 0 Å². The zero-order valence-corrected chi connectivity index (χ0v) is 17.9. The van der Waals surface area contributed by atoms with Crippen LogP contribution in [0.3, 0.4) is 0 Å². The van der Waals surface area contributed by atoms with Gasteiger partial charge in [0.2, 0.25) is 11.8 Å². The molecule has 3 rings (SSSR count). The summed E-state index contributed by atoms with van der Waals surface area (Å²) in [4.78, 5) is 32.2. The number of rotatable bonds is 8. The number of piperazine rings is 1. The van der Waals surface area contributed by atoms with E-state index in [1.54, 1.807) is 18.0 Å². The molecule has 3 N–H and O–H groups in total. The van der Waals surface area contributed by atoms with E-state index in [1.165, 1.54) is 0 Å². The number of hydrogen-bond donors (Lipinski definition) is 3. The molecule has 1 aromatic rings. The summed E-state index contributed by atoms with van der Waals surface area (Å²) in [6.07, 6.45) is -2.70. The predicted octanol–water partition coefficient (Wildman–Crippen LogP) is 0.297. The Labute approximate surface area is 184 Å². The molecule has 32 heavy (non-hydrogen) atoms. The molecule has 1 aromatic heterocycles. The van der Waals surface area contributed by atoms with E-state index in [4.69, 9.17) is 4.74 Å². The van der Waals surface area contributed by atoms with E-state index in [-0.39, 0.29) is 32.1 Å². The number of anilines is 1. The Morgan fingerprint density at radius 3 is 2.72 bits per heavy atom. The van der Waals surface area contributed by atoms with Crippen molar-refractivity contribution in [1.82, 2.24) is 26.1 Å². The van der Waals surface area contributed by atoms with E-state index in [0.717, 1.165) is 5.82 Å². The van der Waals surface area contributed by atoms with E-state index in [0.29, 0.717) is 26.2 Å². The fourth-order valence-corrected chi connectivity index (χ4v) is 3.88. The van der Waals surface area contributed by atoms with Gasteiger partial charge in [-0.25, -0.2) is 10.4 Å². The van der Waals surface area contributed by atoms with Crippen LogP contribution in [0.4, 0.5) is 19.0 Å². The summed E-state index contributed by atoms with van der Waals surface area (Å²) in [5, 5.41) is 2.80. The molecule has 2 aliphatic heterocycles. The Balaban J connectivity index is 1.34. The first kappa shape index (κ1) is 24.2. The number of halogens is 3. The molecule has 9 nitrogen and oxygen atoms in total. The van der Waals surface area contributed by atoms with E-state index < -0.39 is 30.1 Å². The van der Waals surface area contributed by atoms with Crippen LogP contribution in [0.15, 0.2) is 24.4 Å². The summed E-state index contributed by atoms with van der Waals surface area (Å²) >= 11 is 0. The summed E-state index contributed by atoms with van der Waals surface area (Å²) in [5.41, 5.74) is 4.48. The molecule has 2 amide bonds. The maximum absolute atomic E-state index is 13.2. The van der Waals surface area contributed by atoms with Crippen molar-refractivity contribution in [2.45, 2.75) is 31.6 Å². The summed E-state index contributed by atoms with van der Waals surface area (Å²) in [6.45, 7) is 4.54. The van der Waals surface area contributed by atoms with Crippen LogP contribution in [-0.2, 0) is 14.3 Å². The minimum Gasteiger partial charge on any atom is -0.379 e. The van der Waals surface area contributed by atoms with Crippen LogP contribution in [0.25, 0.3) is 0 Å². The molecule has 2 fully saturated rings. The second kappa shape index (κ2) is 10.9. The number of nitrogens with zero attached hydrogens (tertiary/aromatic N) is 3. The third kappa shape index (κ3) is 6.53. The van der Waals surface area contributed by atoms with Crippen molar-refractivity contribution in [1.29, 1.82) is 0 Å². The highest BCUT2D eigenvalue weighted by Crippen LogP contribution is 2.30. The second-order valence-electron chi connectivity index (χ2n) is 7.94. The number of carbonyl (C=O) groups excluding carboxylic acids is 2. The summed E-state index contributed by atoms with van der Waals surface area (Å²) in [6, 6.07) is 4.20. The molecule has 178 valence electrons. The fourth-order valence-electron chi connectivity index (χ4n) is 3.88. The number of pyridine rings is 1. The van der Waals surface area contributed by atoms with Crippen LogP contribution in [-0.4, -0.2) is 85.9 Å². The zero-order valence-electron chi connectivity index (χ0n) is 17.9. The molecule has 2 saturated heterocycles. The first-order valence-corrected chi connectivity index (χ1v) is 10.6. The van der Waals surface area contributed by atoms with E-state index in [9.17, 15) is 22.8 Å². The Morgan fingerprint density at radius 2 is 2.06 bits per heavy atom. The first-order valence-electron chi connectivity index (χ1n) is 10.6. The van der Waals surface area contributed by atoms with Gasteiger partial charge in [-0.05, 0) is 19.1 Å². The molecule has 0 radical (unpaired) electrons. The maximum Gasteiger partial charge on any atom is 0.402 e. The number of hydrogen-bond acceptors (Lipinski definition) is 7. The number of carbonyl (C=O) groups is 2. The smallest absolute Gasteiger partial charge is 0.379 e. The van der Waals surface area contributed by atoms with Gasteiger partial charge in [0.25, 0.3) is 0 Å². The van der Waals surface area contributed by atoms with Gasteiger partial charge >= 0.3 is 6.18 Å². The van der Waals surface area contributed by atoms with Crippen molar-refractivity contribution < 1.29 is 27.5 Å². The Bertz CT molecular complexity index is 759. The second-order valence-corrected chi connectivity index (χ2v) is 7.94. The lowest BCUT2D eigenvalue weighted by Gasteiger charge is -2.35. The van der Waals surface area contributed by atoms with E-state index in [2.05, 4.69) is 20.6 Å². The highest BCUT2D eigenvalue weighted by molar-refractivity contribution is 5.80. The van der Waals surface area contributed by atoms with Crippen LogP contribution < -0.4 is 21.1 Å². The van der Waals surface area contributed by atoms with E-state index in [1.807, 2.05) is 23.6 Å². The average molecular weight is 458 g/mol. The van der Waals surface area contributed by atoms with Gasteiger partial charge in [0.1, 0.15) is 5.82 Å². The van der Waals surface area contributed by atoms with Crippen molar-refractivity contribution in [3.8, 4) is 0 Å². The summed E-state index contributed by atoms with van der Waals surface area (Å²) in [7, 11) is 0. The van der Waals surface area contributed by atoms with Crippen molar-refractivity contribution in [2.24, 2.45) is 5.92 Å². The van der Waals surface area contributed by atoms with Crippen LogP contribution in [0.1, 0.15) is 13.3 Å². The Morgan fingerprint density at radius 1 is 1.31 bits per heavy atom. The largest absolute Gasteiger partial charge is 0.402 e. The van der Waals surface area contributed by atoms with Gasteiger partial charge in [-0.2, -0.15) is 13.2 Å². The topological polar surface area (TPSA) is 98.8 Å². The van der Waals surface area contributed by atoms with Crippen LogP contribution >= 0.6 is 0 Å². The quantitative estimate of drug-likeness (QED) is 0.482. The van der Waals surface area contributed by atoms with Gasteiger partial charge in [-0.15, -0.1) is 0 Å². The lowest BCUT2D eigenvalue weighted by molar-refractivity contribution is -0.193. The molecule has 0 aliphatic carbocycles. The van der Waals surface area contributed by atoms with Crippen molar-refractivity contribution in [3.63, 3.8) is 0 Å². The number of amides is 2. The molecule has 2 aliphatic rings. The minimum atomic E-state index is -4.64. The highest BCUT2D eigenvalue weighted by Gasteiger charge is 2.51. The number of aromatic nitrogens is 1. The zero-order chi connectivity index (χ0) is 23.1. The monoisotopic (exact) mass is 458 g/mol. The summed E-state index contributed by atoms with van der Waals surface area (Å²) in [5.74, 6) is -2.36. The lowest BCUT2D eigenvalue weighted by atomic mass is 9.96. The third-order valence-corrected chi connectivity index (χ3v) is 5.50. The number of nitrogens with one attached hydrogen (secondary N) is 3. The van der Waals surface area contributed by atoms with Gasteiger partial charge in [-0.3, -0.25) is 15.0 Å². The van der Waals surface area contributed by atoms with Gasteiger partial charge in [-0.1, -0.05) is 6.07 Å². The van der Waals surface area contributed by atoms with E-state index >= 15 is 0 Å². The normalized spacial score (nSPS) is 23.1. The number of hydrazine groups is 1. The molecule has 0 saturated carbocycles. The molecular weight excluding hydrogens is 429 g/mol. The number of ether oxygens (including phenoxy) is 1. The van der Waals surface area contributed by atoms with Crippen molar-refractivity contribution in [2.75, 3.05) is 50.8 Å². The predicted molar refractivity (Wildman–Crippen MR) is 111 cm³/mol. The minimum absolute atomic E-state index is 0.0171. The third-order valence-electron chi connectivity index (χ3n) is 5.50. The van der Waals surface area contributed by atoms with Gasteiger partial charge in [0.15, 0.2) is 5.92 Å². The molecule has 0 bridgehead atoms. The molecule has 0 aromatic carbocycles. The lowest BCUT2D eigenvalue weighted by Crippen LogP contribution is -2.64. The molecule has 3 heterocycles. The Kier molecular flexibility index (Phi) is 8.26. The molecule has 3 atom stereocenters. The van der Waals surface area contributed by atoms with Gasteiger partial charge < -0.3 is 19.9 Å². The van der Waals surface area contributed by atoms with Gasteiger partial charge in [0.05, 0.1) is 19.6 Å². The van der Waals surface area contributed by atoms with Crippen molar-refractivity contribution >= 4 is 17.6 Å². The maximum atomic E-state index is 13.2. The standard InChI is InChI=1S/C20H29F3N6O3/c1-14(26-15-12-25-27-19(31)18(15)20(21,22)23)13-32-11-5-17(30)29-9-7-28(8-10-29)16-4-2-3-6-24-16/h2-4,6,14-15,18,25-26H,5,7-13H2,1H3,(H,27,31)/t14-,15?,18?/m0/s1. The average Bonchev–Trinajstić information content (AvgIpc) is 2.76. The molecule has 2 unspecified atom stereocenters. The molecule has 12 heteroatoms. The molecular formula is C20H29F3N6O3. The van der Waals surface area contributed by atoms with Crippen molar-refractivity contribution in [3.05, 3.63) is 24.4 Å². The fraction of sp³-hybridized carbons (Fsp3) is 0.650. The summed E-state index contributed by atoms with van der Waals surface area (Å²) < 4.78 is 45.0.